The Morgan fingerprint density at radius 3 is 2.78 bits per heavy atom. The lowest BCUT2D eigenvalue weighted by Crippen LogP contribution is -2.49. The lowest BCUT2D eigenvalue weighted by atomic mass is 9.99. The van der Waals surface area contributed by atoms with E-state index in [9.17, 15) is 14.4 Å². The molecule has 1 spiro atoms. The molecule has 2 atom stereocenters. The van der Waals surface area contributed by atoms with E-state index in [0.717, 1.165) is 6.54 Å². The van der Waals surface area contributed by atoms with Crippen LogP contribution in [0.2, 0.25) is 0 Å². The average molecular weight is 252 g/mol. The fraction of sp³-hybridized carbons (Fsp3) is 0.727. The number of nitrogens with one attached hydrogen (secondary N) is 3. The van der Waals surface area contributed by atoms with Gasteiger partial charge in [0.15, 0.2) is 0 Å². The molecule has 0 aromatic carbocycles. The molecule has 4 amide bonds. The topological polar surface area (TPSA) is 90.5 Å². The van der Waals surface area contributed by atoms with E-state index in [2.05, 4.69) is 16.0 Å². The van der Waals surface area contributed by atoms with Crippen molar-refractivity contribution in [2.24, 2.45) is 0 Å². The molecule has 3 aliphatic heterocycles. The number of urea groups is 1. The molecule has 98 valence electrons. The second kappa shape index (κ2) is 3.94. The molecule has 0 aromatic rings. The molecule has 3 fully saturated rings. The van der Waals surface area contributed by atoms with Gasteiger partial charge < -0.3 is 16.0 Å². The van der Waals surface area contributed by atoms with Gasteiger partial charge in [-0.1, -0.05) is 0 Å². The van der Waals surface area contributed by atoms with E-state index >= 15 is 0 Å². The van der Waals surface area contributed by atoms with Crippen LogP contribution in [0.25, 0.3) is 0 Å². The van der Waals surface area contributed by atoms with Crippen LogP contribution in [0.4, 0.5) is 4.79 Å². The van der Waals surface area contributed by atoms with Crippen LogP contribution >= 0.6 is 0 Å². The minimum atomic E-state index is -0.750. The zero-order chi connectivity index (χ0) is 12.8. The van der Waals surface area contributed by atoms with Crippen LogP contribution in [0.3, 0.4) is 0 Å². The summed E-state index contributed by atoms with van der Waals surface area (Å²) in [4.78, 5) is 36.5. The van der Waals surface area contributed by atoms with Gasteiger partial charge in [-0.2, -0.15) is 0 Å². The van der Waals surface area contributed by atoms with Gasteiger partial charge in [0.2, 0.25) is 5.91 Å². The monoisotopic (exact) mass is 252 g/mol. The molecule has 18 heavy (non-hydrogen) atoms. The summed E-state index contributed by atoms with van der Waals surface area (Å²) in [7, 11) is 0. The SMILES string of the molecule is O=C1CCC(CN2C(=O)NC3(CCNC3)C2=O)N1. The van der Waals surface area contributed by atoms with Crippen LogP contribution in [0.5, 0.6) is 0 Å². The first-order valence-corrected chi connectivity index (χ1v) is 6.25. The number of imide groups is 1. The molecule has 7 heteroatoms. The minimum absolute atomic E-state index is 0.00991. The van der Waals surface area contributed by atoms with E-state index in [1.807, 2.05) is 0 Å². The fourth-order valence-corrected chi connectivity index (χ4v) is 2.86. The molecule has 3 saturated heterocycles. The van der Waals surface area contributed by atoms with E-state index in [0.29, 0.717) is 25.8 Å². The van der Waals surface area contributed by atoms with Gasteiger partial charge >= 0.3 is 6.03 Å². The van der Waals surface area contributed by atoms with Crippen LogP contribution < -0.4 is 16.0 Å². The fourth-order valence-electron chi connectivity index (χ4n) is 2.86. The highest BCUT2D eigenvalue weighted by molar-refractivity contribution is 6.07. The highest BCUT2D eigenvalue weighted by atomic mass is 16.2. The third kappa shape index (κ3) is 1.66. The molecular weight excluding hydrogens is 236 g/mol. The van der Waals surface area contributed by atoms with Crippen LogP contribution in [-0.4, -0.2) is 54.0 Å². The van der Waals surface area contributed by atoms with Crippen molar-refractivity contribution < 1.29 is 14.4 Å². The second-order valence-electron chi connectivity index (χ2n) is 5.16. The number of rotatable bonds is 2. The van der Waals surface area contributed by atoms with Crippen molar-refractivity contribution in [3.05, 3.63) is 0 Å². The Hall–Kier alpha value is -1.63. The zero-order valence-electron chi connectivity index (χ0n) is 9.99. The number of carbonyl (C=O) groups excluding carboxylic acids is 3. The van der Waals surface area contributed by atoms with Gasteiger partial charge in [-0.3, -0.25) is 14.5 Å². The van der Waals surface area contributed by atoms with E-state index in [1.165, 1.54) is 4.90 Å². The lowest BCUT2D eigenvalue weighted by molar-refractivity contribution is -0.131. The van der Waals surface area contributed by atoms with E-state index in [1.54, 1.807) is 0 Å². The van der Waals surface area contributed by atoms with Crippen LogP contribution in [0.15, 0.2) is 0 Å². The molecule has 3 aliphatic rings. The predicted molar refractivity (Wildman–Crippen MR) is 61.6 cm³/mol. The lowest BCUT2D eigenvalue weighted by Gasteiger charge is -2.21. The quantitative estimate of drug-likeness (QED) is 0.524. The molecule has 2 unspecified atom stereocenters. The summed E-state index contributed by atoms with van der Waals surface area (Å²) < 4.78 is 0. The van der Waals surface area contributed by atoms with Gasteiger partial charge in [-0.05, 0) is 19.4 Å². The van der Waals surface area contributed by atoms with E-state index in [4.69, 9.17) is 0 Å². The molecule has 0 aromatic heterocycles. The predicted octanol–water partition coefficient (Wildman–Crippen LogP) is -1.45. The van der Waals surface area contributed by atoms with Crippen LogP contribution in [-0.2, 0) is 9.59 Å². The highest BCUT2D eigenvalue weighted by Crippen LogP contribution is 2.25. The van der Waals surface area contributed by atoms with Crippen molar-refractivity contribution in [3.8, 4) is 0 Å². The summed E-state index contributed by atoms with van der Waals surface area (Å²) in [5, 5.41) is 8.64. The van der Waals surface area contributed by atoms with Crippen LogP contribution in [0.1, 0.15) is 19.3 Å². The number of nitrogens with zero attached hydrogens (tertiary/aromatic N) is 1. The molecule has 0 saturated carbocycles. The maximum Gasteiger partial charge on any atom is 0.325 e. The van der Waals surface area contributed by atoms with Gasteiger partial charge in [0.1, 0.15) is 5.54 Å². The average Bonchev–Trinajstić information content (AvgIpc) is 2.99. The van der Waals surface area contributed by atoms with Gasteiger partial charge in [0, 0.05) is 19.0 Å². The van der Waals surface area contributed by atoms with Crippen molar-refractivity contribution in [1.82, 2.24) is 20.9 Å². The molecule has 3 rings (SSSR count). The summed E-state index contributed by atoms with van der Waals surface area (Å²) in [6.45, 7) is 1.50. The number of amides is 4. The minimum Gasteiger partial charge on any atom is -0.352 e. The number of hydrogen-bond donors (Lipinski definition) is 3. The van der Waals surface area contributed by atoms with Crippen molar-refractivity contribution in [1.29, 1.82) is 0 Å². The Morgan fingerprint density at radius 2 is 2.17 bits per heavy atom. The smallest absolute Gasteiger partial charge is 0.325 e. The van der Waals surface area contributed by atoms with Crippen molar-refractivity contribution >= 4 is 17.8 Å². The van der Waals surface area contributed by atoms with Gasteiger partial charge in [-0.15, -0.1) is 0 Å². The zero-order valence-corrected chi connectivity index (χ0v) is 9.99. The first-order chi connectivity index (χ1) is 8.61. The third-order valence-corrected chi connectivity index (χ3v) is 3.89. The Labute approximate surface area is 104 Å². The first kappa shape index (κ1) is 11.5. The molecule has 7 nitrogen and oxygen atoms in total. The molecule has 0 bridgehead atoms. The maximum atomic E-state index is 12.3. The normalized spacial score (nSPS) is 35.4. The largest absolute Gasteiger partial charge is 0.352 e. The Morgan fingerprint density at radius 1 is 1.33 bits per heavy atom. The first-order valence-electron chi connectivity index (χ1n) is 6.25. The van der Waals surface area contributed by atoms with Crippen LogP contribution in [0, 0.1) is 0 Å². The Balaban J connectivity index is 1.71. The third-order valence-electron chi connectivity index (χ3n) is 3.89. The standard InChI is InChI=1S/C11H16N4O3/c16-8-2-1-7(13-8)5-15-9(17)11(14-10(15)18)3-4-12-6-11/h7,12H,1-6H2,(H,13,16)(H,14,18). The van der Waals surface area contributed by atoms with E-state index < -0.39 is 5.54 Å². The van der Waals surface area contributed by atoms with E-state index in [-0.39, 0.29) is 30.4 Å². The highest BCUT2D eigenvalue weighted by Gasteiger charge is 2.53. The van der Waals surface area contributed by atoms with Gasteiger partial charge in [0.05, 0.1) is 6.54 Å². The summed E-state index contributed by atoms with van der Waals surface area (Å²) >= 11 is 0. The molecule has 0 aliphatic carbocycles. The molecule has 0 radical (unpaired) electrons. The summed E-state index contributed by atoms with van der Waals surface area (Å²) in [5.74, 6) is -0.178. The molecular formula is C11H16N4O3. The summed E-state index contributed by atoms with van der Waals surface area (Å²) in [6, 6.07) is -0.443. The summed E-state index contributed by atoms with van der Waals surface area (Å²) in [5.41, 5.74) is -0.750. The molecule has 3 heterocycles. The second-order valence-corrected chi connectivity index (χ2v) is 5.16. The summed E-state index contributed by atoms with van der Waals surface area (Å²) in [6.07, 6.45) is 1.78. The van der Waals surface area contributed by atoms with Gasteiger partial charge in [-0.25, -0.2) is 4.79 Å². The number of hydrogen-bond acceptors (Lipinski definition) is 4. The van der Waals surface area contributed by atoms with Crippen molar-refractivity contribution in [2.75, 3.05) is 19.6 Å². The maximum absolute atomic E-state index is 12.3. The van der Waals surface area contributed by atoms with Crippen molar-refractivity contribution in [2.45, 2.75) is 30.8 Å². The Bertz CT molecular complexity index is 417. The van der Waals surface area contributed by atoms with Gasteiger partial charge in [0.25, 0.3) is 5.91 Å². The van der Waals surface area contributed by atoms with Crippen molar-refractivity contribution in [3.63, 3.8) is 0 Å². The Kier molecular flexibility index (Phi) is 2.51. The molecule has 3 N–H and O–H groups in total. The number of carbonyl (C=O) groups is 3.